The Hall–Kier alpha value is -1.75. The van der Waals surface area contributed by atoms with E-state index in [1.54, 1.807) is 0 Å². The summed E-state index contributed by atoms with van der Waals surface area (Å²) in [5.74, 6) is 0.515. The molecule has 0 spiro atoms. The number of rotatable bonds is 7. The van der Waals surface area contributed by atoms with E-state index in [2.05, 4.69) is 5.32 Å². The molecule has 0 aliphatic rings. The Bertz CT molecular complexity index is 648. The van der Waals surface area contributed by atoms with Gasteiger partial charge in [0.05, 0.1) is 0 Å². The molecule has 1 atom stereocenters. The number of carbonyl (C=O) groups is 1. The van der Waals surface area contributed by atoms with E-state index in [0.717, 1.165) is 17.0 Å². The highest BCUT2D eigenvalue weighted by Gasteiger charge is 2.15. The molecule has 24 heavy (non-hydrogen) atoms. The number of nitrogens with two attached hydrogens (primary N) is 1. The van der Waals surface area contributed by atoms with Crippen molar-refractivity contribution in [3.05, 3.63) is 59.1 Å². The Kier molecular flexibility index (Phi) is 8.61. The van der Waals surface area contributed by atoms with Crippen LogP contribution >= 0.6 is 24.0 Å². The third kappa shape index (κ3) is 6.04. The summed E-state index contributed by atoms with van der Waals surface area (Å²) in [6, 6.07) is 14.8. The second kappa shape index (κ2) is 10.2. The minimum absolute atomic E-state index is 0. The molecule has 3 N–H and O–H groups in total. The number of hydrogen-bond acceptors (Lipinski definition) is 3. The summed E-state index contributed by atoms with van der Waals surface area (Å²) in [5, 5.41) is 3.59. The lowest BCUT2D eigenvalue weighted by Crippen LogP contribution is -2.22. The van der Waals surface area contributed by atoms with Gasteiger partial charge in [-0.05, 0) is 42.3 Å². The zero-order valence-corrected chi connectivity index (χ0v) is 15.1. The lowest BCUT2D eigenvalue weighted by molar-refractivity contribution is -0.119. The minimum Gasteiger partial charge on any atom is -0.492 e. The number of anilines is 1. The maximum absolute atomic E-state index is 12.3. The Morgan fingerprint density at radius 2 is 1.88 bits per heavy atom. The smallest absolute Gasteiger partial charge is 0.227 e. The first kappa shape index (κ1) is 20.3. The minimum atomic E-state index is -0.178. The number of ether oxygens (including phenoxy) is 1. The molecule has 0 fully saturated rings. The van der Waals surface area contributed by atoms with Crippen LogP contribution in [0.25, 0.3) is 0 Å². The summed E-state index contributed by atoms with van der Waals surface area (Å²) in [6.45, 7) is 2.83. The zero-order valence-electron chi connectivity index (χ0n) is 13.5. The average molecular weight is 369 g/mol. The number of amides is 1. The number of halogens is 2. The van der Waals surface area contributed by atoms with E-state index < -0.39 is 0 Å². The first-order valence-electron chi connectivity index (χ1n) is 7.57. The van der Waals surface area contributed by atoms with Crippen LogP contribution in [0.5, 0.6) is 5.75 Å². The molecule has 1 unspecified atom stereocenters. The molecule has 130 valence electrons. The summed E-state index contributed by atoms with van der Waals surface area (Å²) in [7, 11) is 0. The van der Waals surface area contributed by atoms with Crippen LogP contribution in [0.15, 0.2) is 48.5 Å². The molecule has 2 rings (SSSR count). The van der Waals surface area contributed by atoms with Crippen LogP contribution in [0, 0.1) is 5.92 Å². The second-order valence-electron chi connectivity index (χ2n) is 5.35. The van der Waals surface area contributed by atoms with E-state index in [1.807, 2.05) is 55.5 Å². The predicted octanol–water partition coefficient (Wildman–Crippen LogP) is 3.92. The molecule has 6 heteroatoms. The summed E-state index contributed by atoms with van der Waals surface area (Å²) < 4.78 is 5.40. The highest BCUT2D eigenvalue weighted by Crippen LogP contribution is 2.20. The Morgan fingerprint density at radius 1 is 1.21 bits per heavy atom. The summed E-state index contributed by atoms with van der Waals surface area (Å²) in [6.07, 6.45) is 0.600. The molecule has 0 aliphatic heterocycles. The van der Waals surface area contributed by atoms with Gasteiger partial charge in [0.2, 0.25) is 5.91 Å². The van der Waals surface area contributed by atoms with Gasteiger partial charge in [-0.15, -0.1) is 12.4 Å². The first-order chi connectivity index (χ1) is 11.1. The molecular weight excluding hydrogens is 347 g/mol. The van der Waals surface area contributed by atoms with Gasteiger partial charge in [0.25, 0.3) is 0 Å². The van der Waals surface area contributed by atoms with Crippen molar-refractivity contribution in [1.82, 2.24) is 0 Å². The molecule has 2 aromatic carbocycles. The van der Waals surface area contributed by atoms with Gasteiger partial charge in [0.1, 0.15) is 12.4 Å². The fourth-order valence-electron chi connectivity index (χ4n) is 2.16. The molecule has 0 aliphatic carbocycles. The zero-order chi connectivity index (χ0) is 16.7. The maximum Gasteiger partial charge on any atom is 0.227 e. The van der Waals surface area contributed by atoms with Crippen molar-refractivity contribution in [2.45, 2.75) is 13.3 Å². The summed E-state index contributed by atoms with van der Waals surface area (Å²) >= 11 is 6.14. The van der Waals surface area contributed by atoms with E-state index >= 15 is 0 Å². The normalized spacial score (nSPS) is 11.3. The average Bonchev–Trinajstić information content (AvgIpc) is 2.56. The van der Waals surface area contributed by atoms with Crippen molar-refractivity contribution < 1.29 is 9.53 Å². The summed E-state index contributed by atoms with van der Waals surface area (Å²) in [4.78, 5) is 12.3. The third-order valence-corrected chi connectivity index (χ3v) is 3.81. The molecule has 0 saturated carbocycles. The molecule has 0 heterocycles. The van der Waals surface area contributed by atoms with Crippen molar-refractivity contribution in [2.75, 3.05) is 18.5 Å². The molecule has 0 saturated heterocycles. The van der Waals surface area contributed by atoms with E-state index in [9.17, 15) is 4.79 Å². The lowest BCUT2D eigenvalue weighted by atomic mass is 10.0. The van der Waals surface area contributed by atoms with Crippen LogP contribution in [0.3, 0.4) is 0 Å². The Balaban J connectivity index is 0.00000288. The van der Waals surface area contributed by atoms with Gasteiger partial charge < -0.3 is 15.8 Å². The Labute approximate surface area is 153 Å². The fourth-order valence-corrected chi connectivity index (χ4v) is 2.38. The van der Waals surface area contributed by atoms with Crippen molar-refractivity contribution in [1.29, 1.82) is 0 Å². The maximum atomic E-state index is 12.3. The molecule has 0 aromatic heterocycles. The van der Waals surface area contributed by atoms with Crippen LogP contribution in [0.2, 0.25) is 5.02 Å². The van der Waals surface area contributed by atoms with E-state index in [-0.39, 0.29) is 24.2 Å². The Morgan fingerprint density at radius 3 is 2.50 bits per heavy atom. The largest absolute Gasteiger partial charge is 0.492 e. The van der Waals surface area contributed by atoms with Crippen LogP contribution in [0.4, 0.5) is 5.69 Å². The van der Waals surface area contributed by atoms with Gasteiger partial charge in [-0.3, -0.25) is 4.79 Å². The van der Waals surface area contributed by atoms with Crippen molar-refractivity contribution in [3.8, 4) is 5.75 Å². The van der Waals surface area contributed by atoms with Gasteiger partial charge in [-0.25, -0.2) is 0 Å². The first-order valence-corrected chi connectivity index (χ1v) is 7.95. The van der Waals surface area contributed by atoms with Crippen LogP contribution in [0.1, 0.15) is 12.5 Å². The second-order valence-corrected chi connectivity index (χ2v) is 5.75. The van der Waals surface area contributed by atoms with Gasteiger partial charge in [-0.1, -0.05) is 36.7 Å². The quantitative estimate of drug-likeness (QED) is 0.778. The van der Waals surface area contributed by atoms with E-state index in [0.29, 0.717) is 24.6 Å². The number of nitrogens with one attached hydrogen (secondary N) is 1. The van der Waals surface area contributed by atoms with Crippen LogP contribution < -0.4 is 15.8 Å². The van der Waals surface area contributed by atoms with Gasteiger partial charge in [-0.2, -0.15) is 0 Å². The van der Waals surface area contributed by atoms with Gasteiger partial charge in [0.15, 0.2) is 0 Å². The highest BCUT2D eigenvalue weighted by atomic mass is 35.5. The van der Waals surface area contributed by atoms with Gasteiger partial charge >= 0.3 is 0 Å². The standard InChI is InChI=1S/C18H21ClN2O2.ClH/c1-13(12-14-4-2-3-5-17(14)19)18(22)21-15-6-8-16(9-7-15)23-11-10-20;/h2-9,13H,10-12,20H2,1H3,(H,21,22);1H. The fraction of sp³-hybridized carbons (Fsp3) is 0.278. The van der Waals surface area contributed by atoms with E-state index in [1.165, 1.54) is 0 Å². The molecule has 2 aromatic rings. The molecule has 1 amide bonds. The monoisotopic (exact) mass is 368 g/mol. The molecule has 0 radical (unpaired) electrons. The third-order valence-electron chi connectivity index (χ3n) is 3.44. The van der Waals surface area contributed by atoms with Crippen molar-refractivity contribution >= 4 is 35.6 Å². The number of hydrogen-bond donors (Lipinski definition) is 2. The van der Waals surface area contributed by atoms with Crippen molar-refractivity contribution in [3.63, 3.8) is 0 Å². The van der Waals surface area contributed by atoms with Crippen LogP contribution in [-0.4, -0.2) is 19.1 Å². The van der Waals surface area contributed by atoms with Crippen molar-refractivity contribution in [2.24, 2.45) is 11.7 Å². The molecular formula is C18H22Cl2N2O2. The van der Waals surface area contributed by atoms with E-state index in [4.69, 9.17) is 22.1 Å². The number of carbonyl (C=O) groups excluding carboxylic acids is 1. The number of benzene rings is 2. The van der Waals surface area contributed by atoms with Gasteiger partial charge in [0, 0.05) is 23.2 Å². The SMILES string of the molecule is CC(Cc1ccccc1Cl)C(=O)Nc1ccc(OCCN)cc1.Cl. The lowest BCUT2D eigenvalue weighted by Gasteiger charge is -2.13. The summed E-state index contributed by atoms with van der Waals surface area (Å²) in [5.41, 5.74) is 7.10. The molecule has 4 nitrogen and oxygen atoms in total. The predicted molar refractivity (Wildman–Crippen MR) is 101 cm³/mol. The topological polar surface area (TPSA) is 64.3 Å². The highest BCUT2D eigenvalue weighted by molar-refractivity contribution is 6.31. The van der Waals surface area contributed by atoms with Crippen LogP contribution in [-0.2, 0) is 11.2 Å². The molecule has 0 bridgehead atoms.